The first-order valence-electron chi connectivity index (χ1n) is 7.22. The van der Waals surface area contributed by atoms with Crippen molar-refractivity contribution in [3.8, 4) is 17.2 Å². The number of nitrogens with zero attached hydrogens (tertiary/aromatic N) is 6. The first-order valence-corrected chi connectivity index (χ1v) is 7.22. The fourth-order valence-electron chi connectivity index (χ4n) is 2.47. The highest BCUT2D eigenvalue weighted by Gasteiger charge is 2.28. The van der Waals surface area contributed by atoms with E-state index in [0.29, 0.717) is 24.1 Å². The average Bonchev–Trinajstić information content (AvgIpc) is 3.28. The highest BCUT2D eigenvalue weighted by molar-refractivity contribution is 5.90. The van der Waals surface area contributed by atoms with Crippen LogP contribution in [0.3, 0.4) is 0 Å². The van der Waals surface area contributed by atoms with Crippen LogP contribution < -0.4 is 10.1 Å². The number of aryl methyl sites for hydroxylation is 2. The van der Waals surface area contributed by atoms with Gasteiger partial charge in [-0.25, -0.2) is 0 Å². The van der Waals surface area contributed by atoms with E-state index in [1.807, 2.05) is 18.2 Å². The molecule has 1 atom stereocenters. The Morgan fingerprint density at radius 3 is 3.00 bits per heavy atom. The molecule has 1 aliphatic rings. The lowest BCUT2D eigenvalue weighted by molar-refractivity contribution is 0.0919. The second-order valence-corrected chi connectivity index (χ2v) is 5.34. The largest absolute Gasteiger partial charge is 0.491 e. The maximum absolute atomic E-state index is 12.1. The first kappa shape index (κ1) is 14.3. The number of amides is 1. The number of hydrogen-bond acceptors (Lipinski definition) is 8. The third kappa shape index (κ3) is 2.47. The summed E-state index contributed by atoms with van der Waals surface area (Å²) in [6.07, 6.45) is 0. The summed E-state index contributed by atoms with van der Waals surface area (Å²) in [4.78, 5) is 17.6. The number of benzene rings is 1. The minimum absolute atomic E-state index is 0.0175. The molecule has 1 amide bonds. The van der Waals surface area contributed by atoms with E-state index in [9.17, 15) is 4.79 Å². The molecule has 1 N–H and O–H groups in total. The van der Waals surface area contributed by atoms with Crippen molar-refractivity contribution >= 4 is 5.91 Å². The number of rotatable bonds is 3. The molecule has 0 radical (unpaired) electrons. The highest BCUT2D eigenvalue weighted by Crippen LogP contribution is 2.35. The van der Waals surface area contributed by atoms with E-state index < -0.39 is 5.91 Å². The van der Waals surface area contributed by atoms with Gasteiger partial charge in [-0.15, -0.1) is 10.2 Å². The van der Waals surface area contributed by atoms with Crippen molar-refractivity contribution in [3.63, 3.8) is 0 Å². The molecular formula is C14H13N7O3. The quantitative estimate of drug-likeness (QED) is 0.735. The minimum atomic E-state index is -0.402. The van der Waals surface area contributed by atoms with Gasteiger partial charge in [-0.05, 0) is 24.3 Å². The maximum atomic E-state index is 12.1. The lowest BCUT2D eigenvalue weighted by atomic mass is 10.1. The van der Waals surface area contributed by atoms with Gasteiger partial charge in [0, 0.05) is 11.1 Å². The molecule has 24 heavy (non-hydrogen) atoms. The summed E-state index contributed by atoms with van der Waals surface area (Å²) in [5.74, 6) is 1.27. The van der Waals surface area contributed by atoms with Crippen molar-refractivity contribution in [1.82, 2.24) is 35.7 Å². The van der Waals surface area contributed by atoms with E-state index in [0.717, 1.165) is 11.1 Å². The fraction of sp³-hybridized carbons (Fsp3) is 0.286. The molecule has 122 valence electrons. The van der Waals surface area contributed by atoms with E-state index >= 15 is 0 Å². The summed E-state index contributed by atoms with van der Waals surface area (Å²) in [6.45, 7) is 2.08. The van der Waals surface area contributed by atoms with Crippen LogP contribution in [0.25, 0.3) is 11.5 Å². The van der Waals surface area contributed by atoms with Gasteiger partial charge in [0.2, 0.25) is 0 Å². The maximum Gasteiger partial charge on any atom is 0.293 e. The van der Waals surface area contributed by atoms with Crippen LogP contribution in [-0.4, -0.2) is 42.9 Å². The zero-order valence-electron chi connectivity index (χ0n) is 12.9. The predicted octanol–water partition coefficient (Wildman–Crippen LogP) is 0.432. The van der Waals surface area contributed by atoms with Crippen molar-refractivity contribution in [1.29, 1.82) is 0 Å². The van der Waals surface area contributed by atoms with Gasteiger partial charge in [0.25, 0.3) is 17.6 Å². The van der Waals surface area contributed by atoms with Gasteiger partial charge in [0.05, 0.1) is 13.1 Å². The normalized spacial score (nSPS) is 15.8. The zero-order valence-corrected chi connectivity index (χ0v) is 12.9. The number of tetrazole rings is 1. The standard InChI is InChI=1S/C14H13N7O3/c1-7-15-14(24-19-7)8-3-4-9-10(6-23-11(9)5-8)16-13(22)12-17-20-21(2)18-12/h3-5,10H,6H2,1-2H3,(H,16,22). The molecule has 10 heteroatoms. The molecule has 1 unspecified atom stereocenters. The summed E-state index contributed by atoms with van der Waals surface area (Å²) in [5.41, 5.74) is 1.63. The topological polar surface area (TPSA) is 121 Å². The molecule has 0 fully saturated rings. The number of carbonyl (C=O) groups is 1. The van der Waals surface area contributed by atoms with Gasteiger partial charge in [-0.1, -0.05) is 11.2 Å². The Kier molecular flexibility index (Phi) is 3.22. The smallest absolute Gasteiger partial charge is 0.293 e. The summed E-state index contributed by atoms with van der Waals surface area (Å²) < 4.78 is 10.8. The van der Waals surface area contributed by atoms with E-state index in [4.69, 9.17) is 9.26 Å². The van der Waals surface area contributed by atoms with Crippen LogP contribution in [0.15, 0.2) is 22.7 Å². The Morgan fingerprint density at radius 2 is 2.29 bits per heavy atom. The highest BCUT2D eigenvalue weighted by atomic mass is 16.5. The molecule has 0 aliphatic carbocycles. The molecule has 2 aromatic heterocycles. The van der Waals surface area contributed by atoms with E-state index in [1.54, 1.807) is 14.0 Å². The van der Waals surface area contributed by atoms with Gasteiger partial charge in [-0.3, -0.25) is 4.79 Å². The third-order valence-electron chi connectivity index (χ3n) is 3.59. The van der Waals surface area contributed by atoms with Crippen LogP contribution >= 0.6 is 0 Å². The SMILES string of the molecule is Cc1noc(-c2ccc3c(c2)OCC3NC(=O)c2nnn(C)n2)n1. The fourth-order valence-corrected chi connectivity index (χ4v) is 2.47. The van der Waals surface area contributed by atoms with Crippen molar-refractivity contribution in [2.24, 2.45) is 7.05 Å². The van der Waals surface area contributed by atoms with Crippen LogP contribution in [0.5, 0.6) is 5.75 Å². The summed E-state index contributed by atoms with van der Waals surface area (Å²) >= 11 is 0. The molecule has 10 nitrogen and oxygen atoms in total. The molecule has 0 saturated carbocycles. The summed E-state index contributed by atoms with van der Waals surface area (Å²) in [7, 11) is 1.60. The van der Waals surface area contributed by atoms with Crippen LogP contribution in [0, 0.1) is 6.92 Å². The van der Waals surface area contributed by atoms with Gasteiger partial charge >= 0.3 is 0 Å². The molecule has 3 aromatic rings. The monoisotopic (exact) mass is 327 g/mol. The first-order chi connectivity index (χ1) is 11.6. The predicted molar refractivity (Wildman–Crippen MR) is 79.0 cm³/mol. The number of aromatic nitrogens is 6. The number of carbonyl (C=O) groups excluding carboxylic acids is 1. The van der Waals surface area contributed by atoms with Crippen LogP contribution in [0.4, 0.5) is 0 Å². The lowest BCUT2D eigenvalue weighted by Gasteiger charge is -2.09. The Labute approximate surface area is 135 Å². The van der Waals surface area contributed by atoms with Crippen molar-refractivity contribution in [2.45, 2.75) is 13.0 Å². The number of fused-ring (bicyclic) bond motifs is 1. The molecule has 0 spiro atoms. The number of hydrogen-bond donors (Lipinski definition) is 1. The molecular weight excluding hydrogens is 314 g/mol. The Morgan fingerprint density at radius 1 is 1.42 bits per heavy atom. The van der Waals surface area contributed by atoms with E-state index in [-0.39, 0.29) is 11.9 Å². The van der Waals surface area contributed by atoms with E-state index in [2.05, 4.69) is 30.9 Å². The van der Waals surface area contributed by atoms with E-state index in [1.165, 1.54) is 4.80 Å². The van der Waals surface area contributed by atoms with Gasteiger partial charge in [0.1, 0.15) is 12.4 Å². The van der Waals surface area contributed by atoms with Gasteiger partial charge in [0.15, 0.2) is 5.82 Å². The Bertz CT molecular complexity index is 917. The zero-order chi connectivity index (χ0) is 16.7. The third-order valence-corrected chi connectivity index (χ3v) is 3.59. The van der Waals surface area contributed by atoms with Crippen molar-refractivity contribution in [2.75, 3.05) is 6.61 Å². The molecule has 3 heterocycles. The minimum Gasteiger partial charge on any atom is -0.491 e. The molecule has 0 bridgehead atoms. The van der Waals surface area contributed by atoms with Crippen LogP contribution in [-0.2, 0) is 7.05 Å². The average molecular weight is 327 g/mol. The van der Waals surface area contributed by atoms with Crippen molar-refractivity contribution in [3.05, 3.63) is 35.4 Å². The van der Waals surface area contributed by atoms with Crippen molar-refractivity contribution < 1.29 is 14.1 Å². The molecule has 1 aromatic carbocycles. The van der Waals surface area contributed by atoms with Crippen LogP contribution in [0.2, 0.25) is 0 Å². The van der Waals surface area contributed by atoms with Crippen LogP contribution in [0.1, 0.15) is 28.0 Å². The number of nitrogens with one attached hydrogen (secondary N) is 1. The molecule has 1 aliphatic heterocycles. The second kappa shape index (κ2) is 5.41. The molecule has 4 rings (SSSR count). The summed E-state index contributed by atoms with van der Waals surface area (Å²) in [5, 5.41) is 17.8. The second-order valence-electron chi connectivity index (χ2n) is 5.34. The lowest BCUT2D eigenvalue weighted by Crippen LogP contribution is -2.30. The Hall–Kier alpha value is -3.30. The van der Waals surface area contributed by atoms with Gasteiger partial charge in [-0.2, -0.15) is 9.78 Å². The Balaban J connectivity index is 1.55. The molecule has 0 saturated heterocycles. The number of ether oxygens (including phenoxy) is 1. The summed E-state index contributed by atoms with van der Waals surface area (Å²) in [6, 6.07) is 5.25. The van der Waals surface area contributed by atoms with Gasteiger partial charge < -0.3 is 14.6 Å².